The van der Waals surface area contributed by atoms with Crippen LogP contribution in [0.2, 0.25) is 0 Å². The van der Waals surface area contributed by atoms with Crippen molar-refractivity contribution in [2.45, 2.75) is 18.9 Å². The Hall–Kier alpha value is -0.0800. The molecule has 0 bridgehead atoms. The maximum atomic E-state index is 8.53. The van der Waals surface area contributed by atoms with Crippen LogP contribution in [0.25, 0.3) is 0 Å². The van der Waals surface area contributed by atoms with Crippen molar-refractivity contribution in [2.75, 3.05) is 13.2 Å². The summed E-state index contributed by atoms with van der Waals surface area (Å²) in [5.41, 5.74) is -0.111. The Bertz CT molecular complexity index is 60.5. The number of epoxide rings is 1. The van der Waals surface area contributed by atoms with Gasteiger partial charge in [0.05, 0.1) is 13.2 Å². The Morgan fingerprint density at radius 1 is 1.86 bits per heavy atom. The largest absolute Gasteiger partial charge is 0.393 e. The molecule has 0 aromatic carbocycles. The van der Waals surface area contributed by atoms with E-state index in [2.05, 4.69) is 0 Å². The van der Waals surface area contributed by atoms with Crippen LogP contribution < -0.4 is 0 Å². The van der Waals surface area contributed by atoms with Crippen molar-refractivity contribution in [1.29, 1.82) is 0 Å². The van der Waals surface area contributed by atoms with Gasteiger partial charge in [0.1, 0.15) is 5.60 Å². The van der Waals surface area contributed by atoms with Crippen molar-refractivity contribution in [3.8, 4) is 0 Å². The fourth-order valence-electron chi connectivity index (χ4n) is 0.509. The van der Waals surface area contributed by atoms with Crippen LogP contribution in [0, 0.1) is 0 Å². The van der Waals surface area contributed by atoms with Crippen LogP contribution in [0.15, 0.2) is 0 Å². The molecule has 0 saturated carbocycles. The molecule has 42 valence electrons. The molecule has 1 rings (SSSR count). The summed E-state index contributed by atoms with van der Waals surface area (Å²) in [6.07, 6.45) is 0.934. The average Bonchev–Trinajstić information content (AvgIpc) is 2.46. The molecule has 0 amide bonds. The van der Waals surface area contributed by atoms with Gasteiger partial charge in [-0.1, -0.05) is 6.92 Å². The highest BCUT2D eigenvalue weighted by Crippen LogP contribution is 2.28. The Kier molecular flexibility index (Phi) is 1.05. The lowest BCUT2D eigenvalue weighted by molar-refractivity contribution is 0.168. The third-order valence-electron chi connectivity index (χ3n) is 1.49. The van der Waals surface area contributed by atoms with Crippen LogP contribution in [0.4, 0.5) is 0 Å². The highest BCUT2D eigenvalue weighted by Gasteiger charge is 2.41. The fourth-order valence-corrected chi connectivity index (χ4v) is 0.509. The van der Waals surface area contributed by atoms with Crippen molar-refractivity contribution in [1.82, 2.24) is 0 Å². The molecule has 7 heavy (non-hydrogen) atoms. The molecule has 1 aliphatic rings. The molecular weight excluding hydrogens is 92.1 g/mol. The molecule has 1 fully saturated rings. The van der Waals surface area contributed by atoms with Gasteiger partial charge in [0.2, 0.25) is 0 Å². The van der Waals surface area contributed by atoms with Crippen LogP contribution in [-0.2, 0) is 4.74 Å². The molecule has 0 aliphatic carbocycles. The Morgan fingerprint density at radius 2 is 2.43 bits per heavy atom. The molecular formula is C5H10O2. The van der Waals surface area contributed by atoms with Crippen molar-refractivity contribution in [3.63, 3.8) is 0 Å². The fraction of sp³-hybridized carbons (Fsp3) is 1.00. The molecule has 1 atom stereocenters. The minimum atomic E-state index is -0.111. The number of aliphatic hydroxyl groups excluding tert-OH is 1. The number of rotatable bonds is 2. The lowest BCUT2D eigenvalue weighted by Gasteiger charge is -1.99. The van der Waals surface area contributed by atoms with Crippen molar-refractivity contribution in [2.24, 2.45) is 0 Å². The lowest BCUT2D eigenvalue weighted by atomic mass is 10.1. The summed E-state index contributed by atoms with van der Waals surface area (Å²) in [5, 5.41) is 8.53. The first-order valence-corrected chi connectivity index (χ1v) is 2.58. The zero-order chi connectivity index (χ0) is 5.33. The van der Waals surface area contributed by atoms with E-state index in [0.29, 0.717) is 0 Å². The average molecular weight is 102 g/mol. The van der Waals surface area contributed by atoms with Gasteiger partial charge in [-0.05, 0) is 6.42 Å². The van der Waals surface area contributed by atoms with Gasteiger partial charge in [0, 0.05) is 0 Å². The number of hydrogen-bond acceptors (Lipinski definition) is 2. The number of hydrogen-bond donors (Lipinski definition) is 1. The van der Waals surface area contributed by atoms with Gasteiger partial charge in [-0.2, -0.15) is 0 Å². The lowest BCUT2D eigenvalue weighted by Crippen LogP contribution is -2.13. The smallest absolute Gasteiger partial charge is 0.114 e. The molecule has 2 heteroatoms. The highest BCUT2D eigenvalue weighted by molar-refractivity contribution is 4.89. The van der Waals surface area contributed by atoms with E-state index in [1.54, 1.807) is 0 Å². The van der Waals surface area contributed by atoms with Gasteiger partial charge in [0.25, 0.3) is 0 Å². The summed E-state index contributed by atoms with van der Waals surface area (Å²) < 4.78 is 4.94. The van der Waals surface area contributed by atoms with Gasteiger partial charge < -0.3 is 9.84 Å². The first-order valence-electron chi connectivity index (χ1n) is 2.58. The standard InChI is InChI=1S/C5H10O2/c1-2-5(3-6)4-7-5/h6H,2-4H2,1H3/t5-/m0/s1. The van der Waals surface area contributed by atoms with Gasteiger partial charge in [-0.15, -0.1) is 0 Å². The molecule has 0 aromatic heterocycles. The predicted octanol–water partition coefficient (Wildman–Crippen LogP) is 0.158. The second-order valence-electron chi connectivity index (χ2n) is 1.98. The Morgan fingerprint density at radius 3 is 2.43 bits per heavy atom. The van der Waals surface area contributed by atoms with Gasteiger partial charge >= 0.3 is 0 Å². The van der Waals surface area contributed by atoms with E-state index in [1.165, 1.54) is 0 Å². The summed E-state index contributed by atoms with van der Waals surface area (Å²) in [5.74, 6) is 0. The quantitative estimate of drug-likeness (QED) is 0.504. The summed E-state index contributed by atoms with van der Waals surface area (Å²) in [7, 11) is 0. The van der Waals surface area contributed by atoms with E-state index in [-0.39, 0.29) is 12.2 Å². The molecule has 1 saturated heterocycles. The maximum Gasteiger partial charge on any atom is 0.114 e. The third kappa shape index (κ3) is 0.763. The second kappa shape index (κ2) is 1.46. The third-order valence-corrected chi connectivity index (χ3v) is 1.49. The zero-order valence-corrected chi connectivity index (χ0v) is 4.48. The van der Waals surface area contributed by atoms with Crippen LogP contribution >= 0.6 is 0 Å². The Labute approximate surface area is 43.1 Å². The van der Waals surface area contributed by atoms with E-state index in [0.717, 1.165) is 13.0 Å². The van der Waals surface area contributed by atoms with Crippen molar-refractivity contribution < 1.29 is 9.84 Å². The minimum absolute atomic E-state index is 0.111. The Balaban J connectivity index is 2.28. The first-order chi connectivity index (χ1) is 3.33. The van der Waals surface area contributed by atoms with E-state index >= 15 is 0 Å². The van der Waals surface area contributed by atoms with Crippen molar-refractivity contribution >= 4 is 0 Å². The van der Waals surface area contributed by atoms with Gasteiger partial charge in [-0.3, -0.25) is 0 Å². The highest BCUT2D eigenvalue weighted by atomic mass is 16.6. The molecule has 0 unspecified atom stereocenters. The van der Waals surface area contributed by atoms with E-state index in [1.807, 2.05) is 6.92 Å². The number of ether oxygens (including phenoxy) is 1. The summed E-state index contributed by atoms with van der Waals surface area (Å²) in [4.78, 5) is 0. The number of aliphatic hydroxyl groups is 1. The summed E-state index contributed by atoms with van der Waals surface area (Å²) in [6.45, 7) is 2.95. The van der Waals surface area contributed by atoms with Crippen LogP contribution in [0.5, 0.6) is 0 Å². The van der Waals surface area contributed by atoms with Crippen molar-refractivity contribution in [3.05, 3.63) is 0 Å². The van der Waals surface area contributed by atoms with Crippen LogP contribution in [0.1, 0.15) is 13.3 Å². The van der Waals surface area contributed by atoms with E-state index in [4.69, 9.17) is 9.84 Å². The molecule has 2 nitrogen and oxygen atoms in total. The first kappa shape index (κ1) is 5.06. The van der Waals surface area contributed by atoms with E-state index < -0.39 is 0 Å². The second-order valence-corrected chi connectivity index (χ2v) is 1.98. The molecule has 0 spiro atoms. The molecule has 0 radical (unpaired) electrons. The SMILES string of the molecule is CC[C@]1(CO)CO1. The monoisotopic (exact) mass is 102 g/mol. The van der Waals surface area contributed by atoms with Crippen LogP contribution in [-0.4, -0.2) is 23.9 Å². The zero-order valence-electron chi connectivity index (χ0n) is 4.48. The van der Waals surface area contributed by atoms with E-state index in [9.17, 15) is 0 Å². The maximum absolute atomic E-state index is 8.53. The van der Waals surface area contributed by atoms with Crippen LogP contribution in [0.3, 0.4) is 0 Å². The normalized spacial score (nSPS) is 38.6. The summed E-state index contributed by atoms with van der Waals surface area (Å²) in [6, 6.07) is 0. The summed E-state index contributed by atoms with van der Waals surface area (Å²) >= 11 is 0. The molecule has 0 aromatic rings. The molecule has 1 N–H and O–H groups in total. The molecule has 1 aliphatic heterocycles. The topological polar surface area (TPSA) is 32.8 Å². The minimum Gasteiger partial charge on any atom is -0.393 e. The van der Waals surface area contributed by atoms with Gasteiger partial charge in [0.15, 0.2) is 0 Å². The predicted molar refractivity (Wildman–Crippen MR) is 26.1 cm³/mol. The van der Waals surface area contributed by atoms with Gasteiger partial charge in [-0.25, -0.2) is 0 Å². The molecule has 1 heterocycles.